The minimum atomic E-state index is -0.832. The van der Waals surface area contributed by atoms with Crippen LogP contribution in [0.3, 0.4) is 0 Å². The first-order valence-corrected chi connectivity index (χ1v) is 13.7. The van der Waals surface area contributed by atoms with Crippen LogP contribution in [0.1, 0.15) is 41.7 Å². The lowest BCUT2D eigenvalue weighted by molar-refractivity contribution is -0.137. The highest BCUT2D eigenvalue weighted by Gasteiger charge is 2.54. The Labute approximate surface area is 238 Å². The number of hydrogen-bond acceptors (Lipinski definition) is 4. The van der Waals surface area contributed by atoms with Gasteiger partial charge in [-0.3, -0.25) is 14.4 Å². The second-order valence-electron chi connectivity index (χ2n) is 10.1. The molecule has 39 heavy (non-hydrogen) atoms. The first-order chi connectivity index (χ1) is 18.8. The fraction of sp³-hybridized carbons (Fsp3) is 0.300. The van der Waals surface area contributed by atoms with Crippen LogP contribution in [0.2, 0.25) is 10.0 Å². The summed E-state index contributed by atoms with van der Waals surface area (Å²) in [5.74, 6) is -0.446. The van der Waals surface area contributed by atoms with Crippen LogP contribution in [-0.2, 0) is 9.59 Å². The smallest absolute Gasteiger partial charge is 0.253 e. The van der Waals surface area contributed by atoms with E-state index in [0.29, 0.717) is 48.2 Å². The molecule has 3 aromatic rings. The van der Waals surface area contributed by atoms with Crippen LogP contribution in [0.5, 0.6) is 0 Å². The van der Waals surface area contributed by atoms with Crippen molar-refractivity contribution >= 4 is 46.6 Å². The maximum Gasteiger partial charge on any atom is 0.253 e. The maximum atomic E-state index is 14.0. The van der Waals surface area contributed by atoms with Gasteiger partial charge in [-0.1, -0.05) is 71.7 Å². The van der Waals surface area contributed by atoms with Crippen LogP contribution < -0.4 is 10.2 Å². The number of amides is 3. The van der Waals surface area contributed by atoms with Gasteiger partial charge in [0.05, 0.1) is 22.8 Å². The number of nitrogens with zero attached hydrogens (tertiary/aromatic N) is 3. The molecule has 2 saturated heterocycles. The molecule has 5 rings (SSSR count). The lowest BCUT2D eigenvalue weighted by Gasteiger charge is -2.43. The molecule has 1 unspecified atom stereocenters. The lowest BCUT2D eigenvalue weighted by Crippen LogP contribution is -2.57. The Kier molecular flexibility index (Phi) is 7.82. The van der Waals surface area contributed by atoms with Gasteiger partial charge in [0.2, 0.25) is 5.91 Å². The van der Waals surface area contributed by atoms with Gasteiger partial charge in [0.1, 0.15) is 12.1 Å². The van der Waals surface area contributed by atoms with E-state index in [1.54, 1.807) is 28.0 Å². The molecule has 3 aromatic carbocycles. The van der Waals surface area contributed by atoms with Gasteiger partial charge in [0.25, 0.3) is 11.8 Å². The standard InChI is InChI=1S/C30H30Cl2N4O3/c1-21(22-8-4-2-5-9-22)33-27(37)19-35-20-36(24-10-6-3-7-11-24)30(29(35)39)14-16-34(17-15-30)28(38)23-12-13-25(31)26(32)18-23/h2-13,18,21H,14-17,19-20H2,1H3,(H,33,37). The Hall–Kier alpha value is -3.55. The molecule has 202 valence electrons. The Morgan fingerprint density at radius 3 is 2.21 bits per heavy atom. The highest BCUT2D eigenvalue weighted by molar-refractivity contribution is 6.42. The second-order valence-corrected chi connectivity index (χ2v) is 10.9. The van der Waals surface area contributed by atoms with Crippen LogP contribution >= 0.6 is 23.2 Å². The minimum Gasteiger partial charge on any atom is -0.348 e. The molecule has 1 spiro atoms. The molecule has 2 aliphatic rings. The summed E-state index contributed by atoms with van der Waals surface area (Å²) < 4.78 is 0. The number of likely N-dealkylation sites (tertiary alicyclic amines) is 1. The zero-order chi connectivity index (χ0) is 27.6. The quantitative estimate of drug-likeness (QED) is 0.449. The maximum absolute atomic E-state index is 14.0. The molecular weight excluding hydrogens is 535 g/mol. The van der Waals surface area contributed by atoms with Crippen LogP contribution in [0.15, 0.2) is 78.9 Å². The number of piperidine rings is 1. The van der Waals surface area contributed by atoms with Gasteiger partial charge >= 0.3 is 0 Å². The molecule has 0 aromatic heterocycles. The van der Waals surface area contributed by atoms with Gasteiger partial charge in [-0.25, -0.2) is 0 Å². The summed E-state index contributed by atoms with van der Waals surface area (Å²) in [6.07, 6.45) is 0.901. The van der Waals surface area contributed by atoms with E-state index in [0.717, 1.165) is 11.3 Å². The third-order valence-corrected chi connectivity index (χ3v) is 8.38. The summed E-state index contributed by atoms with van der Waals surface area (Å²) in [6.45, 7) is 3.00. The Morgan fingerprint density at radius 2 is 1.56 bits per heavy atom. The molecule has 1 atom stereocenters. The number of nitrogens with one attached hydrogen (secondary N) is 1. The van der Waals surface area contributed by atoms with Crippen molar-refractivity contribution in [3.63, 3.8) is 0 Å². The first kappa shape index (κ1) is 27.0. The normalized spacial score (nSPS) is 17.4. The number of rotatable bonds is 6. The number of carbonyl (C=O) groups is 3. The number of halogens is 2. The van der Waals surface area contributed by atoms with E-state index in [-0.39, 0.29) is 30.3 Å². The monoisotopic (exact) mass is 564 g/mol. The summed E-state index contributed by atoms with van der Waals surface area (Å²) in [6, 6.07) is 24.2. The van der Waals surface area contributed by atoms with E-state index in [2.05, 4.69) is 10.2 Å². The van der Waals surface area contributed by atoms with Crippen molar-refractivity contribution in [2.45, 2.75) is 31.3 Å². The summed E-state index contributed by atoms with van der Waals surface area (Å²) in [7, 11) is 0. The van der Waals surface area contributed by atoms with E-state index in [4.69, 9.17) is 23.2 Å². The summed E-state index contributed by atoms with van der Waals surface area (Å²) >= 11 is 12.2. The third kappa shape index (κ3) is 5.47. The zero-order valence-corrected chi connectivity index (χ0v) is 23.2. The zero-order valence-electron chi connectivity index (χ0n) is 21.6. The Morgan fingerprint density at radius 1 is 0.923 bits per heavy atom. The van der Waals surface area contributed by atoms with Gasteiger partial charge in [-0.2, -0.15) is 0 Å². The van der Waals surface area contributed by atoms with Crippen molar-refractivity contribution in [2.75, 3.05) is 31.2 Å². The van der Waals surface area contributed by atoms with Gasteiger partial charge in [0.15, 0.2) is 0 Å². The summed E-state index contributed by atoms with van der Waals surface area (Å²) in [5, 5.41) is 3.73. The number of hydrogen-bond donors (Lipinski definition) is 1. The predicted octanol–water partition coefficient (Wildman–Crippen LogP) is 5.15. The van der Waals surface area contributed by atoms with Crippen LogP contribution in [0.4, 0.5) is 5.69 Å². The van der Waals surface area contributed by atoms with Crippen molar-refractivity contribution in [3.05, 3.63) is 100 Å². The molecule has 1 N–H and O–H groups in total. The number of carbonyl (C=O) groups excluding carboxylic acids is 3. The van der Waals surface area contributed by atoms with Gasteiger partial charge < -0.3 is 20.0 Å². The molecule has 3 amide bonds. The minimum absolute atomic E-state index is 0.0347. The topological polar surface area (TPSA) is 73.0 Å². The largest absolute Gasteiger partial charge is 0.348 e. The van der Waals surface area contributed by atoms with Crippen LogP contribution in [0, 0.1) is 0 Å². The molecule has 0 saturated carbocycles. The molecule has 2 heterocycles. The van der Waals surface area contributed by atoms with Gasteiger partial charge in [-0.15, -0.1) is 0 Å². The van der Waals surface area contributed by atoms with E-state index in [9.17, 15) is 14.4 Å². The average molecular weight is 566 g/mol. The van der Waals surface area contributed by atoms with E-state index < -0.39 is 5.54 Å². The first-order valence-electron chi connectivity index (χ1n) is 13.0. The average Bonchev–Trinajstić information content (AvgIpc) is 3.21. The SMILES string of the molecule is CC(NC(=O)CN1CN(c2ccccc2)C2(CCN(C(=O)c3ccc(Cl)c(Cl)c3)CC2)C1=O)c1ccccc1. The van der Waals surface area contributed by atoms with Crippen LogP contribution in [0.25, 0.3) is 0 Å². The molecule has 0 aliphatic carbocycles. The number of para-hydroxylation sites is 1. The molecule has 7 nitrogen and oxygen atoms in total. The van der Waals surface area contributed by atoms with Crippen molar-refractivity contribution in [2.24, 2.45) is 0 Å². The third-order valence-electron chi connectivity index (χ3n) is 7.64. The van der Waals surface area contributed by atoms with Crippen molar-refractivity contribution in [1.82, 2.24) is 15.1 Å². The van der Waals surface area contributed by atoms with E-state index in [1.165, 1.54) is 0 Å². The van der Waals surface area contributed by atoms with Crippen LogP contribution in [-0.4, -0.2) is 59.4 Å². The highest BCUT2D eigenvalue weighted by Crippen LogP contribution is 2.40. The molecule has 0 bridgehead atoms. The van der Waals surface area contributed by atoms with E-state index in [1.807, 2.05) is 67.6 Å². The fourth-order valence-electron chi connectivity index (χ4n) is 5.50. The predicted molar refractivity (Wildman–Crippen MR) is 153 cm³/mol. The summed E-state index contributed by atoms with van der Waals surface area (Å²) in [4.78, 5) is 45.6. The Bertz CT molecular complexity index is 1360. The molecule has 2 fully saturated rings. The molecular formula is C30H30Cl2N4O3. The van der Waals surface area contributed by atoms with E-state index >= 15 is 0 Å². The van der Waals surface area contributed by atoms with Gasteiger partial charge in [-0.05, 0) is 55.7 Å². The number of benzene rings is 3. The molecule has 0 radical (unpaired) electrons. The highest BCUT2D eigenvalue weighted by atomic mass is 35.5. The molecule has 2 aliphatic heterocycles. The second kappa shape index (κ2) is 11.3. The fourth-order valence-corrected chi connectivity index (χ4v) is 5.80. The van der Waals surface area contributed by atoms with Gasteiger partial charge in [0, 0.05) is 24.3 Å². The number of anilines is 1. The van der Waals surface area contributed by atoms with Crippen molar-refractivity contribution in [1.29, 1.82) is 0 Å². The Balaban J connectivity index is 1.32. The van der Waals surface area contributed by atoms with Crippen molar-refractivity contribution in [3.8, 4) is 0 Å². The summed E-state index contributed by atoms with van der Waals surface area (Å²) in [5.41, 5.74) is 1.54. The van der Waals surface area contributed by atoms with Crippen molar-refractivity contribution < 1.29 is 14.4 Å². The molecule has 9 heteroatoms. The lowest BCUT2D eigenvalue weighted by atomic mass is 9.85.